The second kappa shape index (κ2) is 10.2. The summed E-state index contributed by atoms with van der Waals surface area (Å²) < 4.78 is 0. The van der Waals surface area contributed by atoms with Gasteiger partial charge in [-0.05, 0) is 36.6 Å². The van der Waals surface area contributed by atoms with Gasteiger partial charge >= 0.3 is 0 Å². The van der Waals surface area contributed by atoms with Crippen LogP contribution in [0.1, 0.15) is 22.7 Å². The largest absolute Gasteiger partial charge is 0.344 e. The van der Waals surface area contributed by atoms with Gasteiger partial charge in [-0.15, -0.1) is 24.8 Å². The molecule has 1 aromatic heterocycles. The number of nitrogens with two attached hydrogens (primary N) is 1. The standard InChI is InChI=1S/C17H21N3O.2ClH/c1-13-3-5-15(6-4-13)16(18)17(21)20(2)12-9-14-7-10-19-11-8-14;;/h3-8,10-11,16H,9,12,18H2,1-2H3;2*1H. The first kappa shape index (κ1) is 21.4. The molecule has 0 fully saturated rings. The Morgan fingerprint density at radius 2 is 1.70 bits per heavy atom. The summed E-state index contributed by atoms with van der Waals surface area (Å²) >= 11 is 0. The third kappa shape index (κ3) is 6.18. The molecule has 0 aliphatic rings. The molecular formula is C17H23Cl2N3O. The van der Waals surface area contributed by atoms with Crippen molar-refractivity contribution in [2.24, 2.45) is 5.73 Å². The van der Waals surface area contributed by atoms with E-state index in [2.05, 4.69) is 4.98 Å². The summed E-state index contributed by atoms with van der Waals surface area (Å²) in [7, 11) is 1.79. The number of benzene rings is 1. The van der Waals surface area contributed by atoms with E-state index in [0.29, 0.717) is 6.54 Å². The topological polar surface area (TPSA) is 59.2 Å². The number of rotatable bonds is 5. The number of likely N-dealkylation sites (N-methyl/N-ethyl adjacent to an activating group) is 1. The van der Waals surface area contributed by atoms with E-state index in [1.807, 2.05) is 43.3 Å². The molecule has 126 valence electrons. The second-order valence-corrected chi connectivity index (χ2v) is 5.25. The average molecular weight is 356 g/mol. The molecule has 1 unspecified atom stereocenters. The van der Waals surface area contributed by atoms with E-state index in [4.69, 9.17) is 5.73 Å². The first-order valence-corrected chi connectivity index (χ1v) is 7.04. The predicted octanol–water partition coefficient (Wildman–Crippen LogP) is 2.93. The molecule has 0 saturated heterocycles. The van der Waals surface area contributed by atoms with Crippen molar-refractivity contribution in [3.05, 3.63) is 65.5 Å². The fraction of sp³-hybridized carbons (Fsp3) is 0.294. The van der Waals surface area contributed by atoms with E-state index >= 15 is 0 Å². The lowest BCUT2D eigenvalue weighted by atomic mass is 10.0. The maximum atomic E-state index is 12.3. The third-order valence-corrected chi connectivity index (χ3v) is 3.56. The molecule has 6 heteroatoms. The molecule has 0 aliphatic carbocycles. The minimum Gasteiger partial charge on any atom is -0.344 e. The lowest BCUT2D eigenvalue weighted by molar-refractivity contribution is -0.131. The Hall–Kier alpha value is -1.62. The van der Waals surface area contributed by atoms with Crippen LogP contribution in [0.4, 0.5) is 0 Å². The van der Waals surface area contributed by atoms with Crippen molar-refractivity contribution in [3.63, 3.8) is 0 Å². The molecule has 0 bridgehead atoms. The van der Waals surface area contributed by atoms with E-state index in [0.717, 1.165) is 23.1 Å². The van der Waals surface area contributed by atoms with Crippen LogP contribution >= 0.6 is 24.8 Å². The Bertz CT molecular complexity index is 591. The quantitative estimate of drug-likeness (QED) is 0.896. The normalized spacial score (nSPS) is 10.9. The number of carbonyl (C=O) groups excluding carboxylic acids is 1. The maximum absolute atomic E-state index is 12.3. The van der Waals surface area contributed by atoms with E-state index in [9.17, 15) is 4.79 Å². The van der Waals surface area contributed by atoms with Crippen molar-refractivity contribution in [3.8, 4) is 0 Å². The van der Waals surface area contributed by atoms with Crippen LogP contribution in [0.3, 0.4) is 0 Å². The zero-order valence-corrected chi connectivity index (χ0v) is 14.9. The van der Waals surface area contributed by atoms with Gasteiger partial charge in [-0.25, -0.2) is 0 Å². The summed E-state index contributed by atoms with van der Waals surface area (Å²) in [4.78, 5) is 18.0. The number of hydrogen-bond donors (Lipinski definition) is 1. The fourth-order valence-corrected chi connectivity index (χ4v) is 2.11. The predicted molar refractivity (Wildman–Crippen MR) is 98.2 cm³/mol. The fourth-order valence-electron chi connectivity index (χ4n) is 2.11. The second-order valence-electron chi connectivity index (χ2n) is 5.25. The number of amides is 1. The number of nitrogens with zero attached hydrogens (tertiary/aromatic N) is 2. The molecule has 0 radical (unpaired) electrons. The van der Waals surface area contributed by atoms with Gasteiger partial charge in [0.25, 0.3) is 0 Å². The molecule has 4 nitrogen and oxygen atoms in total. The van der Waals surface area contributed by atoms with Crippen LogP contribution in [0, 0.1) is 6.92 Å². The zero-order chi connectivity index (χ0) is 15.2. The van der Waals surface area contributed by atoms with Crippen molar-refractivity contribution in [2.75, 3.05) is 13.6 Å². The summed E-state index contributed by atoms with van der Waals surface area (Å²) in [5, 5.41) is 0. The van der Waals surface area contributed by atoms with Gasteiger partial charge in [-0.2, -0.15) is 0 Å². The van der Waals surface area contributed by atoms with Gasteiger partial charge in [0.15, 0.2) is 0 Å². The molecule has 2 N–H and O–H groups in total. The first-order chi connectivity index (χ1) is 10.1. The van der Waals surface area contributed by atoms with Gasteiger partial charge in [0.05, 0.1) is 0 Å². The highest BCUT2D eigenvalue weighted by Crippen LogP contribution is 2.14. The van der Waals surface area contributed by atoms with Gasteiger partial charge in [0.2, 0.25) is 5.91 Å². The summed E-state index contributed by atoms with van der Waals surface area (Å²) in [6.45, 7) is 2.65. The van der Waals surface area contributed by atoms with Gasteiger partial charge in [0.1, 0.15) is 6.04 Å². The van der Waals surface area contributed by atoms with Crippen LogP contribution in [0.5, 0.6) is 0 Å². The molecule has 0 saturated carbocycles. The third-order valence-electron chi connectivity index (χ3n) is 3.56. The van der Waals surface area contributed by atoms with Gasteiger partial charge in [0, 0.05) is 26.0 Å². The highest BCUT2D eigenvalue weighted by atomic mass is 35.5. The van der Waals surface area contributed by atoms with Crippen LogP contribution in [0.15, 0.2) is 48.8 Å². The van der Waals surface area contributed by atoms with Crippen LogP contribution in [-0.4, -0.2) is 29.4 Å². The lowest BCUT2D eigenvalue weighted by Gasteiger charge is -2.21. The lowest BCUT2D eigenvalue weighted by Crippen LogP contribution is -2.37. The number of aryl methyl sites for hydroxylation is 1. The van der Waals surface area contributed by atoms with Crippen LogP contribution in [0.2, 0.25) is 0 Å². The molecule has 0 aliphatic heterocycles. The molecule has 0 spiro atoms. The van der Waals surface area contributed by atoms with E-state index in [1.54, 1.807) is 24.3 Å². The molecule has 1 heterocycles. The van der Waals surface area contributed by atoms with Gasteiger partial charge in [-0.1, -0.05) is 29.8 Å². The molecule has 1 aromatic carbocycles. The number of pyridine rings is 1. The maximum Gasteiger partial charge on any atom is 0.243 e. The van der Waals surface area contributed by atoms with Crippen molar-refractivity contribution in [1.82, 2.24) is 9.88 Å². The summed E-state index contributed by atoms with van der Waals surface area (Å²) in [6.07, 6.45) is 4.32. The van der Waals surface area contributed by atoms with Crippen molar-refractivity contribution in [1.29, 1.82) is 0 Å². The Balaban J connectivity index is 0.00000242. The van der Waals surface area contributed by atoms with Gasteiger partial charge in [-0.3, -0.25) is 9.78 Å². The summed E-state index contributed by atoms with van der Waals surface area (Å²) in [5.41, 5.74) is 9.22. The summed E-state index contributed by atoms with van der Waals surface area (Å²) in [5.74, 6) is -0.0621. The minimum atomic E-state index is -0.604. The highest BCUT2D eigenvalue weighted by Gasteiger charge is 2.19. The van der Waals surface area contributed by atoms with Crippen molar-refractivity contribution in [2.45, 2.75) is 19.4 Å². The summed E-state index contributed by atoms with van der Waals surface area (Å²) in [6, 6.07) is 11.1. The molecule has 1 atom stereocenters. The Kier molecular flexibility index (Phi) is 9.49. The molecule has 2 aromatic rings. The Labute approximate surface area is 149 Å². The number of carbonyl (C=O) groups is 1. The zero-order valence-electron chi connectivity index (χ0n) is 13.3. The average Bonchev–Trinajstić information content (AvgIpc) is 2.53. The van der Waals surface area contributed by atoms with E-state index in [-0.39, 0.29) is 30.7 Å². The number of aromatic nitrogens is 1. The van der Waals surface area contributed by atoms with Crippen molar-refractivity contribution >= 4 is 30.7 Å². The van der Waals surface area contributed by atoms with Crippen LogP contribution < -0.4 is 5.73 Å². The highest BCUT2D eigenvalue weighted by molar-refractivity contribution is 5.85. The molecular weight excluding hydrogens is 333 g/mol. The minimum absolute atomic E-state index is 0. The Morgan fingerprint density at radius 3 is 2.26 bits per heavy atom. The van der Waals surface area contributed by atoms with Crippen molar-refractivity contribution < 1.29 is 4.79 Å². The molecule has 1 amide bonds. The van der Waals surface area contributed by atoms with Crippen LogP contribution in [-0.2, 0) is 11.2 Å². The smallest absolute Gasteiger partial charge is 0.243 e. The Morgan fingerprint density at radius 1 is 1.13 bits per heavy atom. The van der Waals surface area contributed by atoms with Crippen LogP contribution in [0.25, 0.3) is 0 Å². The monoisotopic (exact) mass is 355 g/mol. The van der Waals surface area contributed by atoms with E-state index in [1.165, 1.54) is 0 Å². The number of halogens is 2. The first-order valence-electron chi connectivity index (χ1n) is 7.04. The molecule has 23 heavy (non-hydrogen) atoms. The molecule has 2 rings (SSSR count). The SMILES string of the molecule is Cc1ccc(C(N)C(=O)N(C)CCc2ccncc2)cc1.Cl.Cl. The number of hydrogen-bond acceptors (Lipinski definition) is 3. The van der Waals surface area contributed by atoms with E-state index < -0.39 is 6.04 Å². The van der Waals surface area contributed by atoms with Gasteiger partial charge < -0.3 is 10.6 Å².